The molecule has 28 heavy (non-hydrogen) atoms. The molecule has 0 atom stereocenters. The fraction of sp³-hybridized carbons (Fsp3) is 0.524. The fourth-order valence-corrected chi connectivity index (χ4v) is 4.55. The number of phenols is 1. The number of aromatic hydroxyl groups is 1. The molecule has 1 aromatic carbocycles. The number of nitrogens with zero attached hydrogens (tertiary/aromatic N) is 2. The van der Waals surface area contributed by atoms with Gasteiger partial charge in [-0.05, 0) is 30.9 Å². The molecule has 1 aliphatic heterocycles. The van der Waals surface area contributed by atoms with Gasteiger partial charge in [-0.3, -0.25) is 9.69 Å². The quantitative estimate of drug-likeness (QED) is 0.812. The minimum atomic E-state index is -0.0340. The van der Waals surface area contributed by atoms with E-state index in [9.17, 15) is 9.90 Å². The van der Waals surface area contributed by atoms with Gasteiger partial charge < -0.3 is 14.8 Å². The van der Waals surface area contributed by atoms with Crippen molar-refractivity contribution in [3.63, 3.8) is 0 Å². The molecule has 0 bridgehead atoms. The number of hydrogen-bond acceptors (Lipinski definition) is 5. The molecule has 2 heterocycles. The topological polar surface area (TPSA) is 78.5 Å². The summed E-state index contributed by atoms with van der Waals surface area (Å²) in [7, 11) is 1.50. The van der Waals surface area contributed by atoms with Crippen LogP contribution in [0.25, 0.3) is 0 Å². The zero-order valence-electron chi connectivity index (χ0n) is 16.1. The number of fused-ring (bicyclic) bond motifs is 1. The highest BCUT2D eigenvalue weighted by Crippen LogP contribution is 2.37. The molecule has 2 N–H and O–H groups in total. The van der Waals surface area contributed by atoms with Gasteiger partial charge in [0.05, 0.1) is 17.8 Å². The molecule has 1 aliphatic carbocycles. The number of nitrogens with one attached hydrogen (secondary N) is 1. The number of hydrogen-bond donors (Lipinski definition) is 2. The van der Waals surface area contributed by atoms with Crippen LogP contribution in [0.4, 0.5) is 0 Å². The van der Waals surface area contributed by atoms with Gasteiger partial charge in [-0.2, -0.15) is 0 Å². The smallest absolute Gasteiger partial charge is 0.254 e. The molecule has 1 saturated carbocycles. The number of aromatic nitrogens is 2. The van der Waals surface area contributed by atoms with E-state index in [0.29, 0.717) is 36.2 Å². The Morgan fingerprint density at radius 2 is 2.11 bits per heavy atom. The van der Waals surface area contributed by atoms with Gasteiger partial charge >= 0.3 is 0 Å². The fourth-order valence-electron chi connectivity index (χ4n) is 4.33. The van der Waals surface area contributed by atoms with Crippen LogP contribution in [0.5, 0.6) is 11.5 Å². The van der Waals surface area contributed by atoms with Gasteiger partial charge in [0.25, 0.3) is 5.56 Å². The number of phenolic OH excluding ortho intramolecular Hbond substituents is 1. The molecule has 150 valence electrons. The highest BCUT2D eigenvalue weighted by atomic mass is 35.5. The Hall–Kier alpha value is -2.05. The average molecular weight is 404 g/mol. The summed E-state index contributed by atoms with van der Waals surface area (Å²) in [5.41, 5.74) is 2.54. The first-order chi connectivity index (χ1) is 13.6. The summed E-state index contributed by atoms with van der Waals surface area (Å²) in [5, 5.41) is 10.5. The first kappa shape index (κ1) is 19.3. The number of methoxy groups -OCH3 is 1. The van der Waals surface area contributed by atoms with Crippen LogP contribution < -0.4 is 10.3 Å². The minimum absolute atomic E-state index is 0.0188. The second-order valence-corrected chi connectivity index (χ2v) is 8.14. The first-order valence-electron chi connectivity index (χ1n) is 9.95. The lowest BCUT2D eigenvalue weighted by molar-refractivity contribution is 0.239. The van der Waals surface area contributed by atoms with E-state index < -0.39 is 0 Å². The predicted molar refractivity (Wildman–Crippen MR) is 108 cm³/mol. The molecule has 6 nitrogen and oxygen atoms in total. The predicted octanol–water partition coefficient (Wildman–Crippen LogP) is 3.74. The van der Waals surface area contributed by atoms with Gasteiger partial charge in [0.15, 0.2) is 11.5 Å². The summed E-state index contributed by atoms with van der Waals surface area (Å²) in [6.45, 7) is 1.95. The number of H-pyrrole nitrogens is 1. The number of aromatic amines is 1. The van der Waals surface area contributed by atoms with E-state index in [1.54, 1.807) is 6.07 Å². The van der Waals surface area contributed by atoms with Gasteiger partial charge in [-0.1, -0.05) is 36.9 Å². The van der Waals surface area contributed by atoms with E-state index in [-0.39, 0.29) is 11.3 Å². The van der Waals surface area contributed by atoms with Crippen molar-refractivity contribution in [2.45, 2.75) is 57.5 Å². The zero-order chi connectivity index (χ0) is 19.7. The van der Waals surface area contributed by atoms with Crippen molar-refractivity contribution in [2.24, 2.45) is 0 Å². The Balaban J connectivity index is 1.55. The van der Waals surface area contributed by atoms with Crippen molar-refractivity contribution in [3.05, 3.63) is 50.2 Å². The maximum Gasteiger partial charge on any atom is 0.254 e. The van der Waals surface area contributed by atoms with E-state index in [2.05, 4.69) is 9.88 Å². The van der Waals surface area contributed by atoms with Gasteiger partial charge in [0.1, 0.15) is 5.82 Å². The number of ether oxygens (including phenoxy) is 1. The van der Waals surface area contributed by atoms with Crippen molar-refractivity contribution < 1.29 is 9.84 Å². The largest absolute Gasteiger partial charge is 0.503 e. The van der Waals surface area contributed by atoms with Gasteiger partial charge in [0.2, 0.25) is 0 Å². The molecule has 0 amide bonds. The van der Waals surface area contributed by atoms with E-state index >= 15 is 0 Å². The first-order valence-corrected chi connectivity index (χ1v) is 10.3. The van der Waals surface area contributed by atoms with E-state index in [0.717, 1.165) is 42.0 Å². The monoisotopic (exact) mass is 403 g/mol. The van der Waals surface area contributed by atoms with Crippen LogP contribution in [0.1, 0.15) is 60.7 Å². The molecule has 0 unspecified atom stereocenters. The second kappa shape index (κ2) is 8.13. The second-order valence-electron chi connectivity index (χ2n) is 7.76. The molecule has 2 aromatic rings. The minimum Gasteiger partial charge on any atom is -0.503 e. The van der Waals surface area contributed by atoms with E-state index in [1.807, 2.05) is 6.07 Å². The number of benzene rings is 1. The van der Waals surface area contributed by atoms with Crippen molar-refractivity contribution in [1.29, 1.82) is 0 Å². The summed E-state index contributed by atoms with van der Waals surface area (Å²) in [6.07, 6.45) is 6.56. The van der Waals surface area contributed by atoms with Crippen molar-refractivity contribution in [3.8, 4) is 11.5 Å². The lowest BCUT2D eigenvalue weighted by Gasteiger charge is -2.29. The van der Waals surface area contributed by atoms with Crippen LogP contribution in [-0.2, 0) is 19.5 Å². The lowest BCUT2D eigenvalue weighted by Crippen LogP contribution is -2.35. The molecule has 1 fully saturated rings. The average Bonchev–Trinajstić information content (AvgIpc) is 2.72. The maximum atomic E-state index is 12.6. The standard InChI is InChI=1S/C21H26ClN3O3/c1-28-17-8-7-14(18(22)19(17)26)11-25-10-9-15-16(12-25)23-20(24-21(15)27)13-5-3-2-4-6-13/h7-8,13,26H,2-6,9-12H2,1H3,(H,23,24,27). The molecule has 0 saturated heterocycles. The SMILES string of the molecule is COc1ccc(CN2CCc3c(nc(C4CCCCC4)[nH]c3=O)C2)c(Cl)c1O. The van der Waals surface area contributed by atoms with Crippen LogP contribution in [0.2, 0.25) is 5.02 Å². The molecule has 4 rings (SSSR count). The summed E-state index contributed by atoms with van der Waals surface area (Å²) >= 11 is 6.32. The zero-order valence-corrected chi connectivity index (χ0v) is 16.9. The van der Waals surface area contributed by atoms with Crippen LogP contribution in [0, 0.1) is 0 Å². The van der Waals surface area contributed by atoms with Gasteiger partial charge in [-0.15, -0.1) is 0 Å². The summed E-state index contributed by atoms with van der Waals surface area (Å²) in [6, 6.07) is 3.59. The summed E-state index contributed by atoms with van der Waals surface area (Å²) in [5.74, 6) is 1.55. The van der Waals surface area contributed by atoms with Crippen molar-refractivity contribution >= 4 is 11.6 Å². The normalized spacial score (nSPS) is 18.1. The molecular formula is C21H26ClN3O3. The summed E-state index contributed by atoms with van der Waals surface area (Å²) in [4.78, 5) is 22.7. The third kappa shape index (κ3) is 3.76. The Morgan fingerprint density at radius 1 is 1.32 bits per heavy atom. The van der Waals surface area contributed by atoms with Crippen molar-refractivity contribution in [1.82, 2.24) is 14.9 Å². The Morgan fingerprint density at radius 3 is 2.86 bits per heavy atom. The van der Waals surface area contributed by atoms with Crippen LogP contribution in [0.3, 0.4) is 0 Å². The van der Waals surface area contributed by atoms with Crippen LogP contribution in [0.15, 0.2) is 16.9 Å². The van der Waals surface area contributed by atoms with E-state index in [4.69, 9.17) is 21.3 Å². The maximum absolute atomic E-state index is 12.6. The van der Waals surface area contributed by atoms with Gasteiger partial charge in [-0.25, -0.2) is 4.98 Å². The molecule has 0 radical (unpaired) electrons. The van der Waals surface area contributed by atoms with Crippen LogP contribution >= 0.6 is 11.6 Å². The van der Waals surface area contributed by atoms with Crippen molar-refractivity contribution in [2.75, 3.05) is 13.7 Å². The molecule has 2 aliphatic rings. The van der Waals surface area contributed by atoms with Gasteiger partial charge in [0, 0.05) is 31.1 Å². The Kier molecular flexibility index (Phi) is 5.60. The highest BCUT2D eigenvalue weighted by molar-refractivity contribution is 6.33. The van der Waals surface area contributed by atoms with Crippen LogP contribution in [-0.4, -0.2) is 33.6 Å². The number of rotatable bonds is 4. The molecular weight excluding hydrogens is 378 g/mol. The Labute approximate surface area is 169 Å². The molecule has 7 heteroatoms. The Bertz CT molecular complexity index is 922. The highest BCUT2D eigenvalue weighted by Gasteiger charge is 2.25. The summed E-state index contributed by atoms with van der Waals surface area (Å²) < 4.78 is 5.10. The molecule has 0 spiro atoms. The number of halogens is 1. The lowest BCUT2D eigenvalue weighted by atomic mass is 9.88. The van der Waals surface area contributed by atoms with E-state index in [1.165, 1.54) is 26.4 Å². The third-order valence-electron chi connectivity index (χ3n) is 5.94. The molecule has 1 aromatic heterocycles. The third-order valence-corrected chi connectivity index (χ3v) is 6.36.